The van der Waals surface area contributed by atoms with E-state index < -0.39 is 5.76 Å². The van der Waals surface area contributed by atoms with E-state index in [4.69, 9.17) is 4.74 Å². The van der Waals surface area contributed by atoms with Gasteiger partial charge in [-0.3, -0.25) is 14.8 Å². The predicted octanol–water partition coefficient (Wildman–Crippen LogP) is 4.15. The monoisotopic (exact) mass is 431 g/mol. The largest absolute Gasteiger partial charge is 0.477 e. The van der Waals surface area contributed by atoms with Crippen molar-refractivity contribution in [3.8, 4) is 17.1 Å². The van der Waals surface area contributed by atoms with E-state index in [0.717, 1.165) is 5.56 Å². The molecule has 1 amide bonds. The van der Waals surface area contributed by atoms with Crippen molar-refractivity contribution in [2.24, 2.45) is 0 Å². The summed E-state index contributed by atoms with van der Waals surface area (Å²) in [4.78, 5) is 25.0. The zero-order valence-electron chi connectivity index (χ0n) is 16.0. The fourth-order valence-electron chi connectivity index (χ4n) is 2.51. The molecule has 2 heterocycles. The number of carbonyl (C=O) groups is 1. The second kappa shape index (κ2) is 10.5. The molecule has 0 aliphatic carbocycles. The number of carbonyl (C=O) groups excluding carboxylic acids is 1. The van der Waals surface area contributed by atoms with Crippen molar-refractivity contribution >= 4 is 23.5 Å². The van der Waals surface area contributed by atoms with Crippen molar-refractivity contribution in [3.05, 3.63) is 66.2 Å². The summed E-state index contributed by atoms with van der Waals surface area (Å²) in [6, 6.07) is 10.2. The van der Waals surface area contributed by atoms with Crippen molar-refractivity contribution < 1.29 is 18.3 Å². The Morgan fingerprint density at radius 3 is 2.80 bits per heavy atom. The molecule has 0 unspecified atom stereocenters. The van der Waals surface area contributed by atoms with E-state index >= 15 is 0 Å². The van der Waals surface area contributed by atoms with Crippen molar-refractivity contribution in [1.29, 1.82) is 0 Å². The molecule has 0 atom stereocenters. The lowest BCUT2D eigenvalue weighted by Gasteiger charge is -2.09. The van der Waals surface area contributed by atoms with Gasteiger partial charge in [0.2, 0.25) is 5.88 Å². The van der Waals surface area contributed by atoms with Crippen molar-refractivity contribution in [1.82, 2.24) is 20.3 Å². The van der Waals surface area contributed by atoms with Crippen molar-refractivity contribution in [2.75, 3.05) is 11.3 Å². The normalized spacial score (nSPS) is 10.7. The van der Waals surface area contributed by atoms with Crippen LogP contribution in [0.3, 0.4) is 0 Å². The molecule has 2 N–H and O–H groups in total. The van der Waals surface area contributed by atoms with Crippen LogP contribution in [0.25, 0.3) is 11.3 Å². The third-order valence-corrected chi connectivity index (χ3v) is 4.37. The van der Waals surface area contributed by atoms with Crippen LogP contribution in [0.1, 0.15) is 23.0 Å². The van der Waals surface area contributed by atoms with Gasteiger partial charge in [0.25, 0.3) is 5.91 Å². The predicted molar refractivity (Wildman–Crippen MR) is 111 cm³/mol. The van der Waals surface area contributed by atoms with Crippen LogP contribution in [-0.2, 0) is 6.54 Å². The maximum absolute atomic E-state index is 12.4. The number of anilines is 1. The molecule has 0 saturated carbocycles. The summed E-state index contributed by atoms with van der Waals surface area (Å²) in [6.45, 7) is 2.58. The molecule has 0 aliphatic rings. The van der Waals surface area contributed by atoms with Gasteiger partial charge in [0.15, 0.2) is 0 Å². The zero-order valence-corrected chi connectivity index (χ0v) is 16.8. The van der Waals surface area contributed by atoms with E-state index in [1.54, 1.807) is 48.8 Å². The molecule has 3 aromatic rings. The lowest BCUT2D eigenvalue weighted by Crippen LogP contribution is -2.23. The van der Waals surface area contributed by atoms with Crippen LogP contribution in [0.5, 0.6) is 5.88 Å². The van der Waals surface area contributed by atoms with Gasteiger partial charge in [-0.2, -0.15) is 8.78 Å². The van der Waals surface area contributed by atoms with Gasteiger partial charge in [-0.1, -0.05) is 12.1 Å². The van der Waals surface area contributed by atoms with Crippen molar-refractivity contribution in [2.45, 2.75) is 19.2 Å². The lowest BCUT2D eigenvalue weighted by atomic mass is 10.2. The van der Waals surface area contributed by atoms with Gasteiger partial charge in [-0.15, -0.1) is 0 Å². The Bertz CT molecular complexity index is 989. The SMILES string of the molecule is CCOc1cncc(-c2ccc(C(=O)NCc3cccc(NSC(F)F)c3)nc2)n1. The second-order valence-electron chi connectivity index (χ2n) is 5.97. The average Bonchev–Trinajstić information content (AvgIpc) is 2.77. The summed E-state index contributed by atoms with van der Waals surface area (Å²) < 4.78 is 32.5. The third-order valence-electron chi connectivity index (χ3n) is 3.84. The minimum atomic E-state index is -2.52. The lowest BCUT2D eigenvalue weighted by molar-refractivity contribution is 0.0946. The Balaban J connectivity index is 1.60. The number of aromatic nitrogens is 3. The number of nitrogens with one attached hydrogen (secondary N) is 2. The zero-order chi connectivity index (χ0) is 21.3. The number of halogens is 2. The minimum Gasteiger partial charge on any atom is -0.477 e. The van der Waals surface area contributed by atoms with Crippen LogP contribution < -0.4 is 14.8 Å². The van der Waals surface area contributed by atoms with E-state index in [9.17, 15) is 13.6 Å². The first-order valence-corrected chi connectivity index (χ1v) is 9.91. The number of pyridine rings is 1. The van der Waals surface area contributed by atoms with E-state index in [1.165, 1.54) is 6.20 Å². The minimum absolute atomic E-state index is 0.235. The topological polar surface area (TPSA) is 89.0 Å². The number of nitrogens with zero attached hydrogens (tertiary/aromatic N) is 3. The molecule has 1 aromatic carbocycles. The Morgan fingerprint density at radius 1 is 1.20 bits per heavy atom. The summed E-state index contributed by atoms with van der Waals surface area (Å²) in [5, 5.41) is 2.76. The van der Waals surface area contributed by atoms with Gasteiger partial charge in [0.05, 0.1) is 24.7 Å². The van der Waals surface area contributed by atoms with Crippen LogP contribution in [0.15, 0.2) is 55.0 Å². The first kappa shape index (κ1) is 21.4. The Labute approximate surface area is 176 Å². The molecule has 30 heavy (non-hydrogen) atoms. The van der Waals surface area contributed by atoms with Gasteiger partial charge < -0.3 is 14.8 Å². The molecule has 0 spiro atoms. The highest BCUT2D eigenvalue weighted by Gasteiger charge is 2.10. The molecule has 0 saturated heterocycles. The number of alkyl halides is 2. The molecule has 3 rings (SSSR count). The molecule has 2 aromatic heterocycles. The summed E-state index contributed by atoms with van der Waals surface area (Å²) in [6.07, 6.45) is 4.66. The molecule has 0 radical (unpaired) electrons. The number of hydrogen-bond acceptors (Lipinski definition) is 7. The van der Waals surface area contributed by atoms with Crippen LogP contribution in [0, 0.1) is 0 Å². The highest BCUT2D eigenvalue weighted by molar-refractivity contribution is 8.00. The highest BCUT2D eigenvalue weighted by Crippen LogP contribution is 2.20. The summed E-state index contributed by atoms with van der Waals surface area (Å²) in [7, 11) is 0. The fourth-order valence-corrected chi connectivity index (χ4v) is 2.87. The first-order chi connectivity index (χ1) is 14.5. The standard InChI is InChI=1S/C20H19F2N5O2S/c1-2-29-18-12-23-11-17(26-18)14-6-7-16(24-10-14)19(28)25-9-13-4-3-5-15(8-13)27-30-20(21)22/h3-8,10-12,20,27H,2,9H2,1H3,(H,25,28). The van der Waals surface area contributed by atoms with Gasteiger partial charge in [-0.25, -0.2) is 4.98 Å². The summed E-state index contributed by atoms with van der Waals surface area (Å²) in [5.74, 6) is -2.45. The second-order valence-corrected chi connectivity index (χ2v) is 6.77. The maximum atomic E-state index is 12.4. The average molecular weight is 431 g/mol. The number of hydrogen-bond donors (Lipinski definition) is 2. The molecule has 10 heteroatoms. The third kappa shape index (κ3) is 6.11. The number of amides is 1. The molecule has 0 bridgehead atoms. The van der Waals surface area contributed by atoms with Gasteiger partial charge >= 0.3 is 5.76 Å². The molecular formula is C20H19F2N5O2S. The number of benzene rings is 1. The van der Waals surface area contributed by atoms with Crippen LogP contribution in [0.2, 0.25) is 0 Å². The highest BCUT2D eigenvalue weighted by atomic mass is 32.2. The maximum Gasteiger partial charge on any atom is 0.302 e. The van der Waals surface area contributed by atoms with E-state index in [-0.39, 0.29) is 18.1 Å². The molecule has 7 nitrogen and oxygen atoms in total. The van der Waals surface area contributed by atoms with E-state index in [1.807, 2.05) is 6.92 Å². The van der Waals surface area contributed by atoms with Crippen LogP contribution in [0.4, 0.5) is 14.5 Å². The molecular weight excluding hydrogens is 412 g/mol. The smallest absolute Gasteiger partial charge is 0.302 e. The summed E-state index contributed by atoms with van der Waals surface area (Å²) in [5.41, 5.74) is 2.84. The first-order valence-electron chi connectivity index (χ1n) is 9.03. The number of ether oxygens (including phenoxy) is 1. The van der Waals surface area contributed by atoms with Crippen LogP contribution >= 0.6 is 11.9 Å². The Morgan fingerprint density at radius 2 is 2.07 bits per heavy atom. The molecule has 0 fully saturated rings. The van der Waals surface area contributed by atoms with Gasteiger partial charge in [-0.05, 0) is 36.8 Å². The quantitative estimate of drug-likeness (QED) is 0.492. The fraction of sp³-hybridized carbons (Fsp3) is 0.200. The van der Waals surface area contributed by atoms with E-state index in [2.05, 4.69) is 25.0 Å². The molecule has 156 valence electrons. The van der Waals surface area contributed by atoms with Crippen LogP contribution in [-0.4, -0.2) is 33.2 Å². The van der Waals surface area contributed by atoms with E-state index in [0.29, 0.717) is 41.4 Å². The number of rotatable bonds is 9. The summed E-state index contributed by atoms with van der Waals surface area (Å²) >= 11 is 0.319. The van der Waals surface area contributed by atoms with Gasteiger partial charge in [0, 0.05) is 35.9 Å². The molecule has 0 aliphatic heterocycles. The van der Waals surface area contributed by atoms with Gasteiger partial charge in [0.1, 0.15) is 5.69 Å². The Kier molecular flexibility index (Phi) is 7.50. The Hall–Kier alpha value is -3.27. The van der Waals surface area contributed by atoms with Crippen molar-refractivity contribution in [3.63, 3.8) is 0 Å².